The minimum Gasteiger partial charge on any atom is -0.465 e. The Balaban J connectivity index is 1.65. The summed E-state index contributed by atoms with van der Waals surface area (Å²) in [5, 5.41) is 5.91. The van der Waals surface area contributed by atoms with Crippen LogP contribution in [-0.2, 0) is 25.5 Å². The summed E-state index contributed by atoms with van der Waals surface area (Å²) in [6, 6.07) is 16.8. The minimum atomic E-state index is -0.762. The smallest absolute Gasteiger partial charge is 0.325 e. The first kappa shape index (κ1) is 26.4. The van der Waals surface area contributed by atoms with E-state index in [-0.39, 0.29) is 37.3 Å². The fourth-order valence-electron chi connectivity index (χ4n) is 3.72. The molecule has 1 fully saturated rings. The van der Waals surface area contributed by atoms with Crippen molar-refractivity contribution in [3.8, 4) is 0 Å². The van der Waals surface area contributed by atoms with Crippen LogP contribution in [-0.4, -0.2) is 78.3 Å². The van der Waals surface area contributed by atoms with Gasteiger partial charge in [0.25, 0.3) is 5.91 Å². The number of esters is 1. The number of nitrogens with one attached hydrogen (secondary N) is 2. The average Bonchev–Trinajstić information content (AvgIpc) is 3.04. The third-order valence-corrected chi connectivity index (χ3v) is 6.60. The molecular weight excluding hydrogens is 466 g/mol. The van der Waals surface area contributed by atoms with Crippen LogP contribution in [0.2, 0.25) is 0 Å². The van der Waals surface area contributed by atoms with Crippen LogP contribution >= 0.6 is 11.8 Å². The summed E-state index contributed by atoms with van der Waals surface area (Å²) >= 11 is 1.58. The molecule has 0 saturated carbocycles. The van der Waals surface area contributed by atoms with Gasteiger partial charge in [-0.3, -0.25) is 24.5 Å². The Kier molecular flexibility index (Phi) is 10.3. The molecule has 8 nitrogen and oxygen atoms in total. The molecule has 0 spiro atoms. The van der Waals surface area contributed by atoms with Crippen LogP contribution in [0.3, 0.4) is 0 Å². The molecule has 0 aromatic heterocycles. The summed E-state index contributed by atoms with van der Waals surface area (Å²) in [7, 11) is 0. The van der Waals surface area contributed by atoms with Crippen LogP contribution in [0.1, 0.15) is 22.8 Å². The maximum atomic E-state index is 13.2. The van der Waals surface area contributed by atoms with E-state index in [1.807, 2.05) is 36.4 Å². The highest BCUT2D eigenvalue weighted by atomic mass is 32.2. The maximum Gasteiger partial charge on any atom is 0.325 e. The van der Waals surface area contributed by atoms with Crippen molar-refractivity contribution < 1.29 is 23.9 Å². The number of Topliss-reactive ketones (excluding diaryl/α,β-unsaturated/α-hetero) is 1. The zero-order chi connectivity index (χ0) is 25.0. The number of nitrogens with zero attached hydrogens (tertiary/aromatic N) is 1. The van der Waals surface area contributed by atoms with Gasteiger partial charge in [0.15, 0.2) is 5.78 Å². The summed E-state index contributed by atoms with van der Waals surface area (Å²) in [5.41, 5.74) is 1.39. The van der Waals surface area contributed by atoms with Crippen LogP contribution in [0, 0.1) is 0 Å². The number of benzene rings is 2. The summed E-state index contributed by atoms with van der Waals surface area (Å²) in [6.45, 7) is 2.22. The lowest BCUT2D eigenvalue weighted by Crippen LogP contribution is -2.52. The lowest BCUT2D eigenvalue weighted by Gasteiger charge is -2.24. The number of rotatable bonds is 11. The van der Waals surface area contributed by atoms with Crippen LogP contribution < -0.4 is 10.6 Å². The Morgan fingerprint density at radius 2 is 1.77 bits per heavy atom. The predicted octanol–water partition coefficient (Wildman–Crippen LogP) is 1.69. The van der Waals surface area contributed by atoms with Gasteiger partial charge < -0.3 is 15.0 Å². The molecule has 3 rings (SSSR count). The maximum absolute atomic E-state index is 13.2. The van der Waals surface area contributed by atoms with Gasteiger partial charge in [-0.1, -0.05) is 48.5 Å². The van der Waals surface area contributed by atoms with Gasteiger partial charge in [-0.15, -0.1) is 0 Å². The van der Waals surface area contributed by atoms with Crippen molar-refractivity contribution in [2.24, 2.45) is 0 Å². The second kappa shape index (κ2) is 13.7. The Bertz CT molecular complexity index is 1000. The first-order valence-electron chi connectivity index (χ1n) is 11.7. The first-order valence-corrected chi connectivity index (χ1v) is 12.8. The number of ketones is 1. The number of thioether (sulfide) groups is 1. The number of carbonyl (C=O) groups is 4. The van der Waals surface area contributed by atoms with Crippen molar-refractivity contribution in [3.63, 3.8) is 0 Å². The molecule has 2 unspecified atom stereocenters. The average molecular weight is 498 g/mol. The largest absolute Gasteiger partial charge is 0.465 e. The second-order valence-electron chi connectivity index (χ2n) is 8.12. The summed E-state index contributed by atoms with van der Waals surface area (Å²) in [4.78, 5) is 52.3. The zero-order valence-electron chi connectivity index (χ0n) is 19.8. The lowest BCUT2D eigenvalue weighted by atomic mass is 10.0. The Labute approximate surface area is 209 Å². The third kappa shape index (κ3) is 8.22. The highest BCUT2D eigenvalue weighted by Crippen LogP contribution is 2.13. The van der Waals surface area contributed by atoms with E-state index >= 15 is 0 Å². The van der Waals surface area contributed by atoms with E-state index in [9.17, 15) is 19.2 Å². The van der Waals surface area contributed by atoms with E-state index in [1.54, 1.807) is 43.0 Å². The molecule has 35 heavy (non-hydrogen) atoms. The highest BCUT2D eigenvalue weighted by molar-refractivity contribution is 7.99. The Hall–Kier alpha value is -3.17. The Morgan fingerprint density at radius 1 is 1.09 bits per heavy atom. The molecule has 2 N–H and O–H groups in total. The van der Waals surface area contributed by atoms with Crippen LogP contribution in [0.15, 0.2) is 60.7 Å². The van der Waals surface area contributed by atoms with Gasteiger partial charge in [0.1, 0.15) is 6.54 Å². The van der Waals surface area contributed by atoms with E-state index in [0.717, 1.165) is 5.56 Å². The van der Waals surface area contributed by atoms with Gasteiger partial charge in [-0.25, -0.2) is 0 Å². The molecule has 1 aliphatic heterocycles. The van der Waals surface area contributed by atoms with Crippen molar-refractivity contribution in [1.29, 1.82) is 0 Å². The zero-order valence-corrected chi connectivity index (χ0v) is 20.6. The molecule has 0 aliphatic carbocycles. The molecule has 2 aromatic rings. The van der Waals surface area contributed by atoms with Crippen molar-refractivity contribution in [3.05, 3.63) is 71.8 Å². The monoisotopic (exact) mass is 497 g/mol. The molecule has 2 amide bonds. The van der Waals surface area contributed by atoms with Crippen molar-refractivity contribution in [2.45, 2.75) is 25.4 Å². The lowest BCUT2D eigenvalue weighted by molar-refractivity contribution is -0.149. The molecule has 1 aliphatic rings. The van der Waals surface area contributed by atoms with Crippen LogP contribution in [0.5, 0.6) is 0 Å². The highest BCUT2D eigenvalue weighted by Gasteiger charge is 2.30. The van der Waals surface area contributed by atoms with Gasteiger partial charge in [-0.2, -0.15) is 11.8 Å². The fourth-order valence-corrected chi connectivity index (χ4v) is 4.73. The molecule has 2 atom stereocenters. The molecular formula is C26H31N3O5S. The van der Waals surface area contributed by atoms with Gasteiger partial charge in [0.05, 0.1) is 25.2 Å². The summed E-state index contributed by atoms with van der Waals surface area (Å²) in [6.07, 6.45) is 0.336. The minimum absolute atomic E-state index is 0.0865. The Morgan fingerprint density at radius 3 is 2.46 bits per heavy atom. The topological polar surface area (TPSA) is 105 Å². The van der Waals surface area contributed by atoms with Gasteiger partial charge in [0, 0.05) is 23.6 Å². The molecule has 0 bridgehead atoms. The number of ether oxygens (including phenoxy) is 1. The van der Waals surface area contributed by atoms with E-state index in [1.165, 1.54) is 4.90 Å². The normalized spacial score (nSPS) is 16.8. The first-order chi connectivity index (χ1) is 17.0. The van der Waals surface area contributed by atoms with Crippen molar-refractivity contribution in [2.75, 3.05) is 37.7 Å². The van der Waals surface area contributed by atoms with Crippen LogP contribution in [0.25, 0.3) is 0 Å². The molecule has 1 saturated heterocycles. The fraction of sp³-hybridized carbons (Fsp3) is 0.385. The third-order valence-electron chi connectivity index (χ3n) is 5.56. The number of hydrogen-bond acceptors (Lipinski definition) is 7. The van der Waals surface area contributed by atoms with E-state index in [0.29, 0.717) is 30.0 Å². The van der Waals surface area contributed by atoms with E-state index in [2.05, 4.69) is 10.6 Å². The van der Waals surface area contributed by atoms with Crippen LogP contribution in [0.4, 0.5) is 0 Å². The standard InChI is InChI=1S/C26H31N3O5S/c1-2-34-24(31)17-29-13-14-35-18-22(26(29)33)27-16-23(30)21(15-19-9-5-3-6-10-19)28-25(32)20-11-7-4-8-12-20/h3-12,21-22,27H,2,13-18H2,1H3,(H,28,32). The van der Waals surface area contributed by atoms with Crippen molar-refractivity contribution in [1.82, 2.24) is 15.5 Å². The second-order valence-corrected chi connectivity index (χ2v) is 9.27. The van der Waals surface area contributed by atoms with E-state index < -0.39 is 18.1 Å². The van der Waals surface area contributed by atoms with E-state index in [4.69, 9.17) is 4.74 Å². The quantitative estimate of drug-likeness (QED) is 0.455. The van der Waals surface area contributed by atoms with Gasteiger partial charge >= 0.3 is 5.97 Å². The SMILES string of the molecule is CCOC(=O)CN1CCSCC(NCC(=O)C(Cc2ccccc2)NC(=O)c2ccccc2)C1=O. The molecule has 9 heteroatoms. The summed E-state index contributed by atoms with van der Waals surface area (Å²) < 4.78 is 4.97. The summed E-state index contributed by atoms with van der Waals surface area (Å²) in [5.74, 6) is -0.0525. The molecule has 2 aromatic carbocycles. The van der Waals surface area contributed by atoms with Crippen molar-refractivity contribution >= 4 is 35.3 Å². The number of hydrogen-bond donors (Lipinski definition) is 2. The number of amides is 2. The number of carbonyl (C=O) groups excluding carboxylic acids is 4. The molecule has 1 heterocycles. The molecule has 0 radical (unpaired) electrons. The predicted molar refractivity (Wildman–Crippen MR) is 135 cm³/mol. The van der Waals surface area contributed by atoms with Gasteiger partial charge in [-0.05, 0) is 31.0 Å². The molecule has 186 valence electrons. The van der Waals surface area contributed by atoms with Gasteiger partial charge in [0.2, 0.25) is 5.91 Å².